The van der Waals surface area contributed by atoms with Crippen molar-refractivity contribution in [2.24, 2.45) is 0 Å². The van der Waals surface area contributed by atoms with Crippen molar-refractivity contribution < 1.29 is 19.1 Å². The van der Waals surface area contributed by atoms with Crippen molar-refractivity contribution in [1.82, 2.24) is 15.5 Å². The van der Waals surface area contributed by atoms with Gasteiger partial charge in [-0.25, -0.2) is 4.79 Å². The van der Waals surface area contributed by atoms with E-state index < -0.39 is 17.6 Å². The number of rotatable bonds is 9. The van der Waals surface area contributed by atoms with Crippen molar-refractivity contribution >= 4 is 17.8 Å². The fraction of sp³-hybridized carbons (Fsp3) is 0.667. The minimum atomic E-state index is -0.749. The SMILES string of the molecule is Cc1ccc(CC2(N(C)C)CCC(NC(=O)CCC(=O)NC(C)C(=O)OC(C)(C)C)CC2)cc1. The summed E-state index contributed by atoms with van der Waals surface area (Å²) in [5, 5.41) is 5.71. The molecule has 1 aromatic rings. The average molecular weight is 474 g/mol. The molecule has 1 unspecified atom stereocenters. The fourth-order valence-electron chi connectivity index (χ4n) is 4.46. The lowest BCUT2D eigenvalue weighted by molar-refractivity contribution is -0.158. The number of likely N-dealkylation sites (N-methyl/N-ethyl adjacent to an activating group) is 1. The molecule has 0 aliphatic heterocycles. The van der Waals surface area contributed by atoms with Crippen LogP contribution in [0.25, 0.3) is 0 Å². The van der Waals surface area contributed by atoms with Crippen LogP contribution in [0.4, 0.5) is 0 Å². The Hall–Kier alpha value is -2.41. The number of hydrogen-bond acceptors (Lipinski definition) is 5. The summed E-state index contributed by atoms with van der Waals surface area (Å²) in [6.45, 7) is 9.02. The topological polar surface area (TPSA) is 87.7 Å². The lowest BCUT2D eigenvalue weighted by Gasteiger charge is -2.45. The van der Waals surface area contributed by atoms with Crippen LogP contribution in [-0.2, 0) is 25.5 Å². The highest BCUT2D eigenvalue weighted by molar-refractivity contribution is 5.87. The van der Waals surface area contributed by atoms with Crippen molar-refractivity contribution in [2.75, 3.05) is 14.1 Å². The first-order valence-corrected chi connectivity index (χ1v) is 12.3. The molecule has 1 saturated carbocycles. The van der Waals surface area contributed by atoms with Crippen molar-refractivity contribution in [2.45, 2.75) is 103 Å². The predicted octanol–water partition coefficient (Wildman–Crippen LogP) is 3.52. The number of nitrogens with zero attached hydrogens (tertiary/aromatic N) is 1. The van der Waals surface area contributed by atoms with Gasteiger partial charge < -0.3 is 20.3 Å². The Labute approximate surface area is 205 Å². The third-order valence-corrected chi connectivity index (χ3v) is 6.60. The molecule has 0 saturated heterocycles. The minimum absolute atomic E-state index is 0.0424. The number of hydrogen-bond donors (Lipinski definition) is 2. The van der Waals surface area contributed by atoms with E-state index in [-0.39, 0.29) is 36.2 Å². The van der Waals surface area contributed by atoms with Crippen molar-refractivity contribution in [3.05, 3.63) is 35.4 Å². The second-order valence-electron chi connectivity index (χ2n) is 10.9. The largest absolute Gasteiger partial charge is 0.458 e. The Morgan fingerprint density at radius 1 is 1.06 bits per heavy atom. The summed E-state index contributed by atoms with van der Waals surface area (Å²) in [5.74, 6) is -0.939. The maximum Gasteiger partial charge on any atom is 0.328 e. The van der Waals surface area contributed by atoms with Crippen LogP contribution in [0.1, 0.15) is 77.3 Å². The molecule has 1 aromatic carbocycles. The minimum Gasteiger partial charge on any atom is -0.458 e. The predicted molar refractivity (Wildman–Crippen MR) is 134 cm³/mol. The monoisotopic (exact) mass is 473 g/mol. The zero-order valence-corrected chi connectivity index (χ0v) is 22.0. The maximum absolute atomic E-state index is 12.4. The molecule has 190 valence electrons. The standard InChI is InChI=1S/C27H43N3O4/c1-19-8-10-21(11-9-19)18-27(30(6)7)16-14-22(15-17-27)29-24(32)13-12-23(31)28-20(2)25(33)34-26(3,4)5/h8-11,20,22H,12-18H2,1-7H3,(H,28,31)(H,29,32). The molecule has 7 nitrogen and oxygen atoms in total. The van der Waals surface area contributed by atoms with Gasteiger partial charge in [0.2, 0.25) is 11.8 Å². The zero-order valence-electron chi connectivity index (χ0n) is 22.0. The van der Waals surface area contributed by atoms with E-state index in [2.05, 4.69) is 60.8 Å². The molecule has 0 aromatic heterocycles. The quantitative estimate of drug-likeness (QED) is 0.536. The number of benzene rings is 1. The summed E-state index contributed by atoms with van der Waals surface area (Å²) in [7, 11) is 4.29. The lowest BCUT2D eigenvalue weighted by Crippen LogP contribution is -2.52. The summed E-state index contributed by atoms with van der Waals surface area (Å²) in [6.07, 6.45) is 4.98. The molecule has 0 radical (unpaired) electrons. The second kappa shape index (κ2) is 11.8. The molecule has 1 aliphatic rings. The summed E-state index contributed by atoms with van der Waals surface area (Å²) < 4.78 is 5.27. The molecule has 2 rings (SSSR count). The smallest absolute Gasteiger partial charge is 0.328 e. The van der Waals surface area contributed by atoms with Gasteiger partial charge >= 0.3 is 5.97 Å². The molecule has 2 amide bonds. The van der Waals surface area contributed by atoms with Crippen LogP contribution in [0.15, 0.2) is 24.3 Å². The molecule has 7 heteroatoms. The van der Waals surface area contributed by atoms with E-state index in [1.807, 2.05) is 0 Å². The van der Waals surface area contributed by atoms with Crippen LogP contribution in [0.3, 0.4) is 0 Å². The zero-order chi connectivity index (χ0) is 25.5. The molecule has 0 bridgehead atoms. The van der Waals surface area contributed by atoms with Crippen LogP contribution in [0.2, 0.25) is 0 Å². The third kappa shape index (κ3) is 8.75. The van der Waals surface area contributed by atoms with Gasteiger partial charge in [-0.1, -0.05) is 29.8 Å². The van der Waals surface area contributed by atoms with E-state index in [9.17, 15) is 14.4 Å². The van der Waals surface area contributed by atoms with Crippen LogP contribution in [0.5, 0.6) is 0 Å². The summed E-state index contributed by atoms with van der Waals surface area (Å²) in [4.78, 5) is 39.0. The van der Waals surface area contributed by atoms with Gasteiger partial charge in [0.1, 0.15) is 11.6 Å². The third-order valence-electron chi connectivity index (χ3n) is 6.60. The Bertz CT molecular complexity index is 834. The lowest BCUT2D eigenvalue weighted by atomic mass is 9.74. The Balaban J connectivity index is 1.77. The van der Waals surface area contributed by atoms with Crippen LogP contribution in [-0.4, -0.2) is 60.0 Å². The van der Waals surface area contributed by atoms with Gasteiger partial charge in [-0.2, -0.15) is 0 Å². The number of carbonyl (C=O) groups is 3. The maximum atomic E-state index is 12.4. The molecular formula is C27H43N3O4. The normalized spacial score (nSPS) is 21.6. The Morgan fingerprint density at radius 3 is 2.15 bits per heavy atom. The van der Waals surface area contributed by atoms with Gasteiger partial charge in [0.25, 0.3) is 0 Å². The summed E-state index contributed by atoms with van der Waals surface area (Å²) in [5.41, 5.74) is 2.09. The second-order valence-corrected chi connectivity index (χ2v) is 10.9. The molecule has 1 fully saturated rings. The molecule has 0 heterocycles. The molecule has 2 N–H and O–H groups in total. The molecule has 1 atom stereocenters. The van der Waals surface area contributed by atoms with Gasteiger partial charge in [-0.15, -0.1) is 0 Å². The number of ether oxygens (including phenoxy) is 1. The number of esters is 1. The number of amides is 2. The molecule has 0 spiro atoms. The van der Waals surface area contributed by atoms with E-state index in [0.717, 1.165) is 32.1 Å². The van der Waals surface area contributed by atoms with Gasteiger partial charge in [-0.3, -0.25) is 9.59 Å². The average Bonchev–Trinajstić information content (AvgIpc) is 2.74. The Morgan fingerprint density at radius 2 is 1.62 bits per heavy atom. The highest BCUT2D eigenvalue weighted by Crippen LogP contribution is 2.35. The van der Waals surface area contributed by atoms with Gasteiger partial charge in [-0.05, 0) is 86.4 Å². The number of carbonyl (C=O) groups excluding carboxylic acids is 3. The molecule has 34 heavy (non-hydrogen) atoms. The van der Waals surface area contributed by atoms with Crippen molar-refractivity contribution in [3.8, 4) is 0 Å². The van der Waals surface area contributed by atoms with E-state index in [0.29, 0.717) is 0 Å². The Kier molecular flexibility index (Phi) is 9.68. The number of nitrogens with one attached hydrogen (secondary N) is 2. The fourth-order valence-corrected chi connectivity index (χ4v) is 4.46. The van der Waals surface area contributed by atoms with Crippen molar-refractivity contribution in [3.63, 3.8) is 0 Å². The van der Waals surface area contributed by atoms with Gasteiger partial charge in [0, 0.05) is 24.4 Å². The molecular weight excluding hydrogens is 430 g/mol. The first-order valence-electron chi connectivity index (χ1n) is 12.3. The van der Waals surface area contributed by atoms with Crippen molar-refractivity contribution in [1.29, 1.82) is 0 Å². The van der Waals surface area contributed by atoms with Crippen LogP contribution in [0, 0.1) is 6.92 Å². The first-order chi connectivity index (χ1) is 15.8. The van der Waals surface area contributed by atoms with E-state index in [1.165, 1.54) is 11.1 Å². The van der Waals surface area contributed by atoms with Crippen LogP contribution >= 0.6 is 0 Å². The molecule has 1 aliphatic carbocycles. The van der Waals surface area contributed by atoms with E-state index in [1.54, 1.807) is 27.7 Å². The van der Waals surface area contributed by atoms with Gasteiger partial charge in [0.15, 0.2) is 0 Å². The van der Waals surface area contributed by atoms with E-state index >= 15 is 0 Å². The van der Waals surface area contributed by atoms with E-state index in [4.69, 9.17) is 4.74 Å². The highest BCUT2D eigenvalue weighted by Gasteiger charge is 2.37. The highest BCUT2D eigenvalue weighted by atomic mass is 16.6. The van der Waals surface area contributed by atoms with Crippen LogP contribution < -0.4 is 10.6 Å². The summed E-state index contributed by atoms with van der Waals surface area (Å²) in [6, 6.07) is 8.12. The summed E-state index contributed by atoms with van der Waals surface area (Å²) >= 11 is 0. The number of aryl methyl sites for hydroxylation is 1. The first kappa shape index (κ1) is 27.8. The van der Waals surface area contributed by atoms with Gasteiger partial charge in [0.05, 0.1) is 0 Å².